The van der Waals surface area contributed by atoms with Crippen molar-refractivity contribution in [2.45, 2.75) is 50.0 Å². The molecule has 1 fully saturated rings. The van der Waals surface area contributed by atoms with Crippen molar-refractivity contribution >= 4 is 15.9 Å². The van der Waals surface area contributed by atoms with Gasteiger partial charge in [0.25, 0.3) is 5.91 Å². The van der Waals surface area contributed by atoms with Crippen molar-refractivity contribution in [1.82, 2.24) is 9.21 Å². The van der Waals surface area contributed by atoms with Crippen LogP contribution in [-0.2, 0) is 22.9 Å². The first-order valence-electron chi connectivity index (χ1n) is 11.1. The minimum atomic E-state index is -3.55. The van der Waals surface area contributed by atoms with Crippen LogP contribution in [0.1, 0.15) is 53.2 Å². The Morgan fingerprint density at radius 1 is 1.00 bits per heavy atom. The molecular formula is C24H28N2O4S. The van der Waals surface area contributed by atoms with Gasteiger partial charge in [-0.05, 0) is 55.5 Å². The van der Waals surface area contributed by atoms with Crippen LogP contribution < -0.4 is 4.74 Å². The van der Waals surface area contributed by atoms with Crippen LogP contribution in [-0.4, -0.2) is 55.8 Å². The van der Waals surface area contributed by atoms with Gasteiger partial charge in [-0.3, -0.25) is 4.79 Å². The number of piperazine rings is 1. The third kappa shape index (κ3) is 3.44. The molecule has 2 atom stereocenters. The van der Waals surface area contributed by atoms with E-state index in [9.17, 15) is 13.2 Å². The highest BCUT2D eigenvalue weighted by Gasteiger charge is 2.35. The number of benzene rings is 2. The second-order valence-corrected chi connectivity index (χ2v) is 10.8. The zero-order chi connectivity index (χ0) is 21.8. The Bertz CT molecular complexity index is 1140. The van der Waals surface area contributed by atoms with E-state index in [0.717, 1.165) is 30.4 Å². The number of hydrogen-bond donors (Lipinski definition) is 0. The highest BCUT2D eigenvalue weighted by atomic mass is 32.2. The summed E-state index contributed by atoms with van der Waals surface area (Å²) < 4.78 is 33.8. The summed E-state index contributed by atoms with van der Waals surface area (Å²) >= 11 is 0. The molecule has 0 radical (unpaired) electrons. The van der Waals surface area contributed by atoms with Crippen LogP contribution in [0.4, 0.5) is 0 Å². The zero-order valence-electron chi connectivity index (χ0n) is 18.0. The molecule has 2 aromatic rings. The minimum absolute atomic E-state index is 0.0401. The summed E-state index contributed by atoms with van der Waals surface area (Å²) in [6, 6.07) is 11.2. The number of fused-ring (bicyclic) bond motifs is 2. The standard InChI is InChI=1S/C24H28N2O4S/c1-16-17(2)30-23-21(16)7-4-8-22(23)24(27)25-11-13-26(14-12-25)31(28,29)20-10-9-18-5-3-6-19(18)15-20/h4,7-10,15-17H,3,5-6,11-14H2,1-2H3/t16-,17+/m1/s1. The van der Waals surface area contributed by atoms with Crippen molar-refractivity contribution in [2.75, 3.05) is 26.2 Å². The van der Waals surface area contributed by atoms with Crippen molar-refractivity contribution in [1.29, 1.82) is 0 Å². The van der Waals surface area contributed by atoms with Gasteiger partial charge in [0.05, 0.1) is 10.5 Å². The van der Waals surface area contributed by atoms with E-state index in [0.29, 0.717) is 42.4 Å². The van der Waals surface area contributed by atoms with E-state index in [1.165, 1.54) is 9.87 Å². The predicted octanol–water partition coefficient (Wildman–Crippen LogP) is 3.21. The number of hydrogen-bond acceptors (Lipinski definition) is 4. The Hall–Kier alpha value is -2.38. The fourth-order valence-corrected chi connectivity index (χ4v) is 6.39. The first kappa shape index (κ1) is 20.5. The highest BCUT2D eigenvalue weighted by Crippen LogP contribution is 2.40. The summed E-state index contributed by atoms with van der Waals surface area (Å²) in [7, 11) is -3.55. The van der Waals surface area contributed by atoms with Crippen LogP contribution in [0, 0.1) is 0 Å². The average molecular weight is 441 g/mol. The zero-order valence-corrected chi connectivity index (χ0v) is 18.8. The summed E-state index contributed by atoms with van der Waals surface area (Å²) in [6.45, 7) is 5.46. The number of sulfonamides is 1. The second-order valence-electron chi connectivity index (χ2n) is 8.82. The normalized spacial score (nSPS) is 23.4. The fourth-order valence-electron chi connectivity index (χ4n) is 4.91. The Kier molecular flexibility index (Phi) is 5.06. The smallest absolute Gasteiger partial charge is 0.257 e. The molecule has 164 valence electrons. The van der Waals surface area contributed by atoms with Crippen molar-refractivity contribution in [2.24, 2.45) is 0 Å². The monoisotopic (exact) mass is 440 g/mol. The Morgan fingerprint density at radius 2 is 1.74 bits per heavy atom. The molecule has 2 aromatic carbocycles. The molecule has 6 nitrogen and oxygen atoms in total. The Balaban J connectivity index is 1.31. The quantitative estimate of drug-likeness (QED) is 0.735. The van der Waals surface area contributed by atoms with E-state index < -0.39 is 10.0 Å². The van der Waals surface area contributed by atoms with Gasteiger partial charge in [0, 0.05) is 37.7 Å². The summed E-state index contributed by atoms with van der Waals surface area (Å²) in [5.74, 6) is 0.838. The molecule has 0 saturated carbocycles. The summed E-state index contributed by atoms with van der Waals surface area (Å²) in [6.07, 6.45) is 3.10. The van der Waals surface area contributed by atoms with Crippen molar-refractivity contribution < 1.29 is 17.9 Å². The average Bonchev–Trinajstić information content (AvgIpc) is 3.37. The molecule has 31 heavy (non-hydrogen) atoms. The lowest BCUT2D eigenvalue weighted by molar-refractivity contribution is 0.0692. The first-order valence-corrected chi connectivity index (χ1v) is 12.5. The minimum Gasteiger partial charge on any atom is -0.489 e. The maximum Gasteiger partial charge on any atom is 0.257 e. The highest BCUT2D eigenvalue weighted by molar-refractivity contribution is 7.89. The lowest BCUT2D eigenvalue weighted by Crippen LogP contribution is -2.50. The summed E-state index contributed by atoms with van der Waals surface area (Å²) in [5, 5.41) is 0. The molecule has 0 spiro atoms. The van der Waals surface area contributed by atoms with E-state index in [2.05, 4.69) is 6.92 Å². The molecule has 7 heteroatoms. The molecule has 0 N–H and O–H groups in total. The summed E-state index contributed by atoms with van der Waals surface area (Å²) in [5.41, 5.74) is 4.05. The van der Waals surface area contributed by atoms with E-state index in [4.69, 9.17) is 4.74 Å². The van der Waals surface area contributed by atoms with Crippen LogP contribution >= 0.6 is 0 Å². The van der Waals surface area contributed by atoms with Crippen molar-refractivity contribution in [3.8, 4) is 5.75 Å². The largest absolute Gasteiger partial charge is 0.489 e. The molecule has 0 bridgehead atoms. The van der Waals surface area contributed by atoms with Crippen LogP contribution in [0.3, 0.4) is 0 Å². The van der Waals surface area contributed by atoms with Gasteiger partial charge in [-0.25, -0.2) is 8.42 Å². The number of carbonyl (C=O) groups is 1. The van der Waals surface area contributed by atoms with Gasteiger partial charge in [0.1, 0.15) is 11.9 Å². The molecule has 1 saturated heterocycles. The number of ether oxygens (including phenoxy) is 1. The van der Waals surface area contributed by atoms with Crippen LogP contribution in [0.15, 0.2) is 41.3 Å². The SMILES string of the molecule is C[C@@H]1Oc2c(C(=O)N3CCN(S(=O)(=O)c4ccc5c(c4)CCC5)CC3)cccc2[C@@H]1C. The summed E-state index contributed by atoms with van der Waals surface area (Å²) in [4.78, 5) is 15.3. The van der Waals surface area contributed by atoms with Crippen molar-refractivity contribution in [3.63, 3.8) is 0 Å². The van der Waals surface area contributed by atoms with Gasteiger partial charge in [-0.1, -0.05) is 25.1 Å². The Labute approximate surface area is 183 Å². The van der Waals surface area contributed by atoms with Gasteiger partial charge in [0.2, 0.25) is 10.0 Å². The van der Waals surface area contributed by atoms with Gasteiger partial charge in [0.15, 0.2) is 0 Å². The van der Waals surface area contributed by atoms with E-state index in [1.54, 1.807) is 17.0 Å². The van der Waals surface area contributed by atoms with Crippen LogP contribution in [0.25, 0.3) is 0 Å². The lowest BCUT2D eigenvalue weighted by Gasteiger charge is -2.34. The van der Waals surface area contributed by atoms with E-state index in [1.807, 2.05) is 31.2 Å². The molecule has 5 rings (SSSR count). The van der Waals surface area contributed by atoms with Gasteiger partial charge >= 0.3 is 0 Å². The van der Waals surface area contributed by atoms with Crippen LogP contribution in [0.5, 0.6) is 5.75 Å². The molecule has 1 amide bonds. The topological polar surface area (TPSA) is 66.9 Å². The maximum atomic E-state index is 13.2. The van der Waals surface area contributed by atoms with Crippen molar-refractivity contribution in [3.05, 3.63) is 58.7 Å². The second kappa shape index (κ2) is 7.64. The number of rotatable bonds is 3. The van der Waals surface area contributed by atoms with E-state index in [-0.39, 0.29) is 17.9 Å². The number of amides is 1. The number of carbonyl (C=O) groups excluding carboxylic acids is 1. The fraction of sp³-hybridized carbons (Fsp3) is 0.458. The molecule has 3 aliphatic rings. The molecule has 0 aromatic heterocycles. The molecule has 2 aliphatic heterocycles. The van der Waals surface area contributed by atoms with Gasteiger partial charge < -0.3 is 9.64 Å². The molecule has 0 unspecified atom stereocenters. The Morgan fingerprint density at radius 3 is 2.52 bits per heavy atom. The third-order valence-electron chi connectivity index (χ3n) is 7.01. The molecular weight excluding hydrogens is 412 g/mol. The third-order valence-corrected chi connectivity index (χ3v) is 8.90. The van der Waals surface area contributed by atoms with Crippen LogP contribution in [0.2, 0.25) is 0 Å². The maximum absolute atomic E-state index is 13.2. The molecule has 2 heterocycles. The first-order chi connectivity index (χ1) is 14.9. The number of nitrogens with zero attached hydrogens (tertiary/aromatic N) is 2. The number of aryl methyl sites for hydroxylation is 2. The number of para-hydroxylation sites is 1. The van der Waals surface area contributed by atoms with Gasteiger partial charge in [-0.2, -0.15) is 4.31 Å². The van der Waals surface area contributed by atoms with E-state index >= 15 is 0 Å². The molecule has 1 aliphatic carbocycles. The van der Waals surface area contributed by atoms with Gasteiger partial charge in [-0.15, -0.1) is 0 Å². The predicted molar refractivity (Wildman–Crippen MR) is 118 cm³/mol. The lowest BCUT2D eigenvalue weighted by atomic mass is 9.96.